The van der Waals surface area contributed by atoms with E-state index in [1.54, 1.807) is 0 Å². The summed E-state index contributed by atoms with van der Waals surface area (Å²) in [6.45, 7) is 0.288. The van der Waals surface area contributed by atoms with Gasteiger partial charge in [-0.25, -0.2) is 4.39 Å². The van der Waals surface area contributed by atoms with Gasteiger partial charge in [-0.1, -0.05) is 0 Å². The molecule has 84 valence electrons. The zero-order valence-electron chi connectivity index (χ0n) is 8.71. The fourth-order valence-corrected chi connectivity index (χ4v) is 1.40. The van der Waals surface area contributed by atoms with E-state index in [1.807, 2.05) is 0 Å². The van der Waals surface area contributed by atoms with Crippen LogP contribution < -0.4 is 15.2 Å². The van der Waals surface area contributed by atoms with Crippen LogP contribution in [-0.4, -0.2) is 25.9 Å². The maximum absolute atomic E-state index is 13.2. The van der Waals surface area contributed by atoms with E-state index in [1.165, 1.54) is 14.2 Å². The molecule has 0 aliphatic heterocycles. The van der Waals surface area contributed by atoms with Crippen LogP contribution in [0.2, 0.25) is 0 Å². The van der Waals surface area contributed by atoms with Gasteiger partial charge in [0.1, 0.15) is 0 Å². The van der Waals surface area contributed by atoms with E-state index in [0.29, 0.717) is 17.7 Å². The Labute approximate surface area is 87.4 Å². The lowest BCUT2D eigenvalue weighted by molar-refractivity contribution is 0.339. The van der Waals surface area contributed by atoms with Crippen LogP contribution in [0.25, 0.3) is 0 Å². The first kappa shape index (κ1) is 11.6. The normalized spacial score (nSPS) is 10.1. The molecular weight excluding hydrogens is 201 g/mol. The molecule has 0 aliphatic carbocycles. The molecule has 0 saturated carbocycles. The van der Waals surface area contributed by atoms with Crippen molar-refractivity contribution in [1.82, 2.24) is 0 Å². The molecule has 15 heavy (non-hydrogen) atoms. The van der Waals surface area contributed by atoms with Crippen LogP contribution in [0.3, 0.4) is 0 Å². The van der Waals surface area contributed by atoms with Gasteiger partial charge in [0, 0.05) is 11.6 Å². The van der Waals surface area contributed by atoms with E-state index in [4.69, 9.17) is 15.2 Å². The van der Waals surface area contributed by atoms with Crippen LogP contribution in [0.1, 0.15) is 5.56 Å². The summed E-state index contributed by atoms with van der Waals surface area (Å²) in [6.07, 6.45) is 0.323. The van der Waals surface area contributed by atoms with Crippen molar-refractivity contribution in [3.05, 3.63) is 17.4 Å². The first-order valence-electron chi connectivity index (χ1n) is 4.48. The molecule has 0 atom stereocenters. The van der Waals surface area contributed by atoms with Crippen LogP contribution in [0, 0.1) is 5.82 Å². The average molecular weight is 215 g/mol. The second-order valence-corrected chi connectivity index (χ2v) is 2.96. The van der Waals surface area contributed by atoms with Crippen molar-refractivity contribution in [2.75, 3.05) is 20.8 Å². The number of ether oxygens (including phenoxy) is 2. The smallest absolute Gasteiger partial charge is 0.169 e. The van der Waals surface area contributed by atoms with Crippen LogP contribution in [0.15, 0.2) is 6.07 Å². The third-order valence-electron chi connectivity index (χ3n) is 2.09. The predicted molar refractivity (Wildman–Crippen MR) is 53.9 cm³/mol. The molecule has 4 nitrogen and oxygen atoms in total. The van der Waals surface area contributed by atoms with Crippen LogP contribution in [0.5, 0.6) is 17.2 Å². The van der Waals surface area contributed by atoms with Gasteiger partial charge in [0.25, 0.3) is 0 Å². The van der Waals surface area contributed by atoms with Crippen LogP contribution in [0.4, 0.5) is 4.39 Å². The summed E-state index contributed by atoms with van der Waals surface area (Å²) in [5, 5.41) is 9.49. The van der Waals surface area contributed by atoms with Crippen molar-refractivity contribution in [3.8, 4) is 17.2 Å². The second-order valence-electron chi connectivity index (χ2n) is 2.96. The lowest BCUT2D eigenvalue weighted by Gasteiger charge is -2.14. The summed E-state index contributed by atoms with van der Waals surface area (Å²) in [5.41, 5.74) is 5.70. The van der Waals surface area contributed by atoms with Crippen molar-refractivity contribution < 1.29 is 19.0 Å². The Kier molecular flexibility index (Phi) is 3.74. The summed E-state index contributed by atoms with van der Waals surface area (Å²) >= 11 is 0. The van der Waals surface area contributed by atoms with E-state index in [0.717, 1.165) is 6.07 Å². The van der Waals surface area contributed by atoms with Gasteiger partial charge < -0.3 is 20.3 Å². The molecular formula is C10H14FNO3. The SMILES string of the molecule is COc1cc(F)c(O)c(CCN)c1OC. The number of halogens is 1. The molecule has 0 radical (unpaired) electrons. The summed E-state index contributed by atoms with van der Waals surface area (Å²) in [4.78, 5) is 0. The molecule has 0 unspecified atom stereocenters. The third kappa shape index (κ3) is 2.12. The minimum Gasteiger partial charge on any atom is -0.505 e. The molecule has 0 amide bonds. The first-order chi connectivity index (χ1) is 7.15. The highest BCUT2D eigenvalue weighted by atomic mass is 19.1. The molecule has 1 aromatic carbocycles. The molecule has 0 bridgehead atoms. The fourth-order valence-electron chi connectivity index (χ4n) is 1.40. The Balaban J connectivity index is 3.35. The first-order valence-corrected chi connectivity index (χ1v) is 4.48. The van der Waals surface area contributed by atoms with Crippen molar-refractivity contribution in [1.29, 1.82) is 0 Å². The monoisotopic (exact) mass is 215 g/mol. The largest absolute Gasteiger partial charge is 0.505 e. The number of hydrogen-bond acceptors (Lipinski definition) is 4. The van der Waals surface area contributed by atoms with Gasteiger partial charge in [0.15, 0.2) is 23.1 Å². The molecule has 0 heterocycles. The Bertz CT molecular complexity index is 355. The second kappa shape index (κ2) is 4.84. The van der Waals surface area contributed by atoms with Gasteiger partial charge in [0.2, 0.25) is 0 Å². The number of aromatic hydroxyl groups is 1. The number of benzene rings is 1. The van der Waals surface area contributed by atoms with Gasteiger partial charge in [-0.3, -0.25) is 0 Å². The Morgan fingerprint density at radius 3 is 2.53 bits per heavy atom. The molecule has 0 spiro atoms. The van der Waals surface area contributed by atoms with Crippen LogP contribution in [-0.2, 0) is 6.42 Å². The van der Waals surface area contributed by atoms with E-state index in [9.17, 15) is 9.50 Å². The maximum Gasteiger partial charge on any atom is 0.169 e. The quantitative estimate of drug-likeness (QED) is 0.788. The fraction of sp³-hybridized carbons (Fsp3) is 0.400. The van der Waals surface area contributed by atoms with Crippen molar-refractivity contribution >= 4 is 0 Å². The zero-order chi connectivity index (χ0) is 11.4. The van der Waals surface area contributed by atoms with Crippen LogP contribution >= 0.6 is 0 Å². The topological polar surface area (TPSA) is 64.7 Å². The minimum atomic E-state index is -0.740. The number of methoxy groups -OCH3 is 2. The number of nitrogens with two attached hydrogens (primary N) is 1. The number of hydrogen-bond donors (Lipinski definition) is 2. The highest BCUT2D eigenvalue weighted by Crippen LogP contribution is 2.38. The predicted octanol–water partition coefficient (Wildman–Crippen LogP) is 1.05. The number of rotatable bonds is 4. The van der Waals surface area contributed by atoms with Crippen molar-refractivity contribution in [2.24, 2.45) is 5.73 Å². The Morgan fingerprint density at radius 2 is 2.07 bits per heavy atom. The zero-order valence-corrected chi connectivity index (χ0v) is 8.71. The summed E-state index contributed by atoms with van der Waals surface area (Å²) in [5.74, 6) is -0.604. The van der Waals surface area contributed by atoms with Crippen molar-refractivity contribution in [2.45, 2.75) is 6.42 Å². The lowest BCUT2D eigenvalue weighted by atomic mass is 10.1. The molecule has 0 aliphatic rings. The summed E-state index contributed by atoms with van der Waals surface area (Å²) in [7, 11) is 2.83. The molecule has 0 saturated heterocycles. The van der Waals surface area contributed by atoms with Gasteiger partial charge in [-0.05, 0) is 13.0 Å². The summed E-state index contributed by atoms with van der Waals surface area (Å²) in [6, 6.07) is 1.08. The molecule has 1 aromatic rings. The van der Waals surface area contributed by atoms with Gasteiger partial charge >= 0.3 is 0 Å². The minimum absolute atomic E-state index is 0.247. The highest BCUT2D eigenvalue weighted by Gasteiger charge is 2.18. The standard InChI is InChI=1S/C10H14FNO3/c1-14-8-5-7(11)9(13)6(3-4-12)10(8)15-2/h5,13H,3-4,12H2,1-2H3. The maximum atomic E-state index is 13.2. The van der Waals surface area contributed by atoms with Gasteiger partial charge in [-0.15, -0.1) is 0 Å². The average Bonchev–Trinajstić information content (AvgIpc) is 2.24. The Morgan fingerprint density at radius 1 is 1.40 bits per heavy atom. The van der Waals surface area contributed by atoms with Crippen molar-refractivity contribution in [3.63, 3.8) is 0 Å². The lowest BCUT2D eigenvalue weighted by Crippen LogP contribution is -2.06. The van der Waals surface area contributed by atoms with E-state index < -0.39 is 11.6 Å². The van der Waals surface area contributed by atoms with E-state index >= 15 is 0 Å². The molecule has 3 N–H and O–H groups in total. The molecule has 5 heteroatoms. The Hall–Kier alpha value is -1.49. The third-order valence-corrected chi connectivity index (χ3v) is 2.09. The number of phenolic OH excluding ortho intramolecular Hbond substituents is 1. The van der Waals surface area contributed by atoms with E-state index in [2.05, 4.69) is 0 Å². The van der Waals surface area contributed by atoms with Gasteiger partial charge in [-0.2, -0.15) is 0 Å². The van der Waals surface area contributed by atoms with E-state index in [-0.39, 0.29) is 12.3 Å². The molecule has 1 rings (SSSR count). The highest BCUT2D eigenvalue weighted by molar-refractivity contribution is 5.54. The summed E-state index contributed by atoms with van der Waals surface area (Å²) < 4.78 is 23.2. The van der Waals surface area contributed by atoms with Gasteiger partial charge in [0.05, 0.1) is 14.2 Å². The number of phenols is 1. The molecule has 0 fully saturated rings. The molecule has 0 aromatic heterocycles.